The molecule has 63 heavy (non-hydrogen) atoms. The van der Waals surface area contributed by atoms with Crippen LogP contribution in [0.3, 0.4) is 0 Å². The third-order valence-corrected chi connectivity index (χ3v) is 9.78. The molecule has 0 bridgehead atoms. The summed E-state index contributed by atoms with van der Waals surface area (Å²) in [6.45, 7) is 3.99. The van der Waals surface area contributed by atoms with E-state index in [9.17, 15) is 35.1 Å². The maximum atomic E-state index is 17.0. The number of allylic oxidation sites excluding steroid dienone is 1. The van der Waals surface area contributed by atoms with Gasteiger partial charge in [-0.05, 0) is 46.9 Å². The molecule has 18 heteroatoms. The van der Waals surface area contributed by atoms with Gasteiger partial charge in [-0.25, -0.2) is 74.6 Å². The van der Waals surface area contributed by atoms with E-state index in [2.05, 4.69) is 6.58 Å². The third-order valence-electron chi connectivity index (χ3n) is 9.78. The average Bonchev–Trinajstić information content (AvgIpc) is 3.28. The van der Waals surface area contributed by atoms with E-state index in [1.54, 1.807) is 54.6 Å². The van der Waals surface area contributed by atoms with Crippen LogP contribution in [0.15, 0.2) is 85.4 Å². The molecule has 0 aliphatic rings. The minimum Gasteiger partial charge on any atom is -0.300 e. The Labute approximate surface area is 343 Å². The normalized spacial score (nSPS) is 11.4. The Balaban J connectivity index is 1.57. The minimum atomic E-state index is -2.94. The zero-order valence-electron chi connectivity index (χ0n) is 31.1. The Kier molecular flexibility index (Phi) is 11.4. The highest BCUT2D eigenvalue weighted by molar-refractivity contribution is 5.90. The quantitative estimate of drug-likeness (QED) is 0.0835. The Hall–Kier alpha value is -7.11. The Morgan fingerprint density at radius 2 is 0.635 bits per heavy atom. The summed E-state index contributed by atoms with van der Waals surface area (Å²) in [6, 6.07) is 18.9. The third kappa shape index (κ3) is 6.83. The molecule has 322 valence electrons. The van der Waals surface area contributed by atoms with E-state index in [0.29, 0.717) is 16.7 Å². The standard InChI is InChI=1S/C45H18F17N/c1-16(2)22-23(24-28(47)35(54)39(58)36(55)29(24)48)27(46)41(60)44(34(22)53)63(19-14-12-18(13-15-19)21-11-7-6-10-20(21)17-8-4-3-5-9-17)45-42(61)32(51)26(33(52)43(45)62)25-30(49)37(56)40(59)38(57)31(25)50/h3-15H,1H2,2H3. The summed E-state index contributed by atoms with van der Waals surface area (Å²) in [7, 11) is 0. The molecule has 0 fully saturated rings. The summed E-state index contributed by atoms with van der Waals surface area (Å²) < 4.78 is 260. The summed E-state index contributed by atoms with van der Waals surface area (Å²) in [4.78, 5) is -0.408. The predicted octanol–water partition coefficient (Wildman–Crippen LogP) is 15.2. The average molecular weight is 896 g/mol. The molecule has 1 nitrogen and oxygen atoms in total. The first-order valence-corrected chi connectivity index (χ1v) is 17.5. The van der Waals surface area contributed by atoms with Gasteiger partial charge in [-0.15, -0.1) is 0 Å². The molecule has 0 aliphatic carbocycles. The monoisotopic (exact) mass is 895 g/mol. The molecule has 0 saturated carbocycles. The second-order valence-electron chi connectivity index (χ2n) is 13.5. The summed E-state index contributed by atoms with van der Waals surface area (Å²) >= 11 is 0. The molecule has 0 N–H and O–H groups in total. The Bertz CT molecular complexity index is 2970. The largest absolute Gasteiger partial charge is 0.300 e. The van der Waals surface area contributed by atoms with Gasteiger partial charge in [0.15, 0.2) is 87.3 Å². The number of hydrogen-bond acceptors (Lipinski definition) is 1. The number of anilines is 3. The molecule has 0 aromatic heterocycles. The number of rotatable bonds is 8. The lowest BCUT2D eigenvalue weighted by Crippen LogP contribution is -2.21. The first-order valence-electron chi connectivity index (χ1n) is 17.5. The first-order chi connectivity index (χ1) is 29.7. The molecule has 0 heterocycles. The number of halogens is 17. The van der Waals surface area contributed by atoms with Gasteiger partial charge in [-0.2, -0.15) is 0 Å². The molecule has 0 unspecified atom stereocenters. The van der Waals surface area contributed by atoms with Crippen LogP contribution >= 0.6 is 0 Å². The van der Waals surface area contributed by atoms with Gasteiger partial charge in [0, 0.05) is 16.8 Å². The molecule has 0 radical (unpaired) electrons. The number of nitrogens with zero attached hydrogens (tertiary/aromatic N) is 1. The molecular formula is C45H18F17N. The molecule has 0 amide bonds. The fourth-order valence-electron chi connectivity index (χ4n) is 6.93. The van der Waals surface area contributed by atoms with E-state index < -0.39 is 154 Å². The van der Waals surface area contributed by atoms with Crippen molar-refractivity contribution in [3.05, 3.63) is 190 Å². The highest BCUT2D eigenvalue weighted by Crippen LogP contribution is 2.50. The first kappa shape index (κ1) is 44.0. The zero-order valence-corrected chi connectivity index (χ0v) is 31.1. The van der Waals surface area contributed by atoms with Crippen LogP contribution in [0.25, 0.3) is 50.1 Å². The summed E-state index contributed by atoms with van der Waals surface area (Å²) in [5.41, 5.74) is -15.3. The molecule has 0 atom stereocenters. The molecule has 0 saturated heterocycles. The van der Waals surface area contributed by atoms with Crippen LogP contribution in [0.4, 0.5) is 91.7 Å². The van der Waals surface area contributed by atoms with Crippen molar-refractivity contribution < 1.29 is 74.6 Å². The van der Waals surface area contributed by atoms with E-state index >= 15 is 39.5 Å². The van der Waals surface area contributed by atoms with Crippen LogP contribution in [0, 0.1) is 98.9 Å². The molecule has 7 aromatic rings. The van der Waals surface area contributed by atoms with E-state index in [1.165, 1.54) is 0 Å². The van der Waals surface area contributed by atoms with E-state index in [4.69, 9.17) is 0 Å². The van der Waals surface area contributed by atoms with Crippen LogP contribution in [0.1, 0.15) is 12.5 Å². The van der Waals surface area contributed by atoms with Gasteiger partial charge in [0.05, 0.1) is 16.7 Å². The Morgan fingerprint density at radius 3 is 1.03 bits per heavy atom. The molecule has 7 rings (SSSR count). The summed E-state index contributed by atoms with van der Waals surface area (Å²) in [6.07, 6.45) is 0. The topological polar surface area (TPSA) is 3.24 Å². The molecule has 7 aromatic carbocycles. The van der Waals surface area contributed by atoms with Crippen LogP contribution in [0.2, 0.25) is 0 Å². The van der Waals surface area contributed by atoms with Gasteiger partial charge in [-0.1, -0.05) is 73.3 Å². The smallest absolute Gasteiger partial charge is 0.200 e. The van der Waals surface area contributed by atoms with Crippen LogP contribution in [-0.4, -0.2) is 0 Å². The second-order valence-corrected chi connectivity index (χ2v) is 13.5. The van der Waals surface area contributed by atoms with Gasteiger partial charge < -0.3 is 0 Å². The highest BCUT2D eigenvalue weighted by Gasteiger charge is 2.40. The van der Waals surface area contributed by atoms with Crippen LogP contribution in [0.5, 0.6) is 0 Å². The van der Waals surface area contributed by atoms with Gasteiger partial charge in [-0.3, -0.25) is 4.90 Å². The van der Waals surface area contributed by atoms with Crippen molar-refractivity contribution in [3.8, 4) is 44.5 Å². The van der Waals surface area contributed by atoms with Gasteiger partial charge in [0.25, 0.3) is 0 Å². The molecule has 0 spiro atoms. The summed E-state index contributed by atoms with van der Waals surface area (Å²) in [5, 5.41) is 0. The van der Waals surface area contributed by atoms with Crippen molar-refractivity contribution in [1.29, 1.82) is 0 Å². The van der Waals surface area contributed by atoms with Crippen LogP contribution in [-0.2, 0) is 0 Å². The van der Waals surface area contributed by atoms with Crippen LogP contribution < -0.4 is 4.90 Å². The lowest BCUT2D eigenvalue weighted by Gasteiger charge is -2.30. The van der Waals surface area contributed by atoms with Gasteiger partial charge in [0.2, 0.25) is 11.6 Å². The second kappa shape index (κ2) is 16.3. The van der Waals surface area contributed by atoms with E-state index in [1.807, 2.05) is 0 Å². The fourth-order valence-corrected chi connectivity index (χ4v) is 6.93. The van der Waals surface area contributed by atoms with Crippen molar-refractivity contribution in [2.75, 3.05) is 4.90 Å². The minimum absolute atomic E-state index is 0.231. The highest BCUT2D eigenvalue weighted by atomic mass is 19.2. The van der Waals surface area contributed by atoms with Crippen molar-refractivity contribution in [3.63, 3.8) is 0 Å². The maximum Gasteiger partial charge on any atom is 0.200 e. The lowest BCUT2D eigenvalue weighted by atomic mass is 9.91. The number of hydrogen-bond donors (Lipinski definition) is 0. The van der Waals surface area contributed by atoms with E-state index in [0.717, 1.165) is 31.2 Å². The zero-order chi connectivity index (χ0) is 46.1. The molecular weight excluding hydrogens is 877 g/mol. The Morgan fingerprint density at radius 1 is 0.333 bits per heavy atom. The van der Waals surface area contributed by atoms with Gasteiger partial charge in [0.1, 0.15) is 11.4 Å². The van der Waals surface area contributed by atoms with Gasteiger partial charge >= 0.3 is 0 Å². The lowest BCUT2D eigenvalue weighted by molar-refractivity contribution is 0.379. The fraction of sp³-hybridized carbons (Fsp3) is 0.0222. The van der Waals surface area contributed by atoms with Crippen molar-refractivity contribution in [1.82, 2.24) is 0 Å². The summed E-state index contributed by atoms with van der Waals surface area (Å²) in [5.74, 6) is -47.7. The van der Waals surface area contributed by atoms with Crippen molar-refractivity contribution in [2.45, 2.75) is 6.92 Å². The maximum absolute atomic E-state index is 17.0. The molecule has 0 aliphatic heterocycles. The SMILES string of the molecule is C=C(C)c1c(F)c(N(c2ccc(-c3ccccc3-c3ccccc3)cc2)c2c(F)c(F)c(-c3c(F)c(F)c(F)c(F)c3F)c(F)c2F)c(F)c(F)c1-c1c(F)c(F)c(F)c(F)c1F. The predicted molar refractivity (Wildman–Crippen MR) is 197 cm³/mol. The van der Waals surface area contributed by atoms with Crippen molar-refractivity contribution in [2.24, 2.45) is 0 Å². The van der Waals surface area contributed by atoms with Crippen molar-refractivity contribution >= 4 is 22.6 Å². The number of benzene rings is 7. The van der Waals surface area contributed by atoms with E-state index in [-0.39, 0.29) is 5.56 Å².